The summed E-state index contributed by atoms with van der Waals surface area (Å²) in [5, 5.41) is 6.65. The summed E-state index contributed by atoms with van der Waals surface area (Å²) in [4.78, 5) is 15.5. The summed E-state index contributed by atoms with van der Waals surface area (Å²) in [7, 11) is 0. The van der Waals surface area contributed by atoms with Crippen molar-refractivity contribution in [1.29, 1.82) is 0 Å². The minimum Gasteiger partial charge on any atom is -0.444 e. The van der Waals surface area contributed by atoms with Crippen molar-refractivity contribution in [1.82, 2.24) is 20.1 Å². The van der Waals surface area contributed by atoms with Gasteiger partial charge in [0, 0.05) is 6.54 Å². The molecular weight excluding hydrogens is 368 g/mol. The van der Waals surface area contributed by atoms with E-state index < -0.39 is 30.0 Å². The Labute approximate surface area is 154 Å². The van der Waals surface area contributed by atoms with Gasteiger partial charge in [-0.1, -0.05) is 17.7 Å². The standard InChI is InChI=1S/C16H20ClF2N5O2/c1-16(2,3)26-15(25)23-11(7-20)9-4-5-10(17)12(6-9)24-14(13(18)19)21-8-22-24/h4-6,8,11,13H,7,20H2,1-3H3,(H,23,25)/t11-/m1/s1. The Morgan fingerprint density at radius 2 is 2.12 bits per heavy atom. The van der Waals surface area contributed by atoms with Crippen LogP contribution in [-0.2, 0) is 4.74 Å². The predicted octanol–water partition coefficient (Wildman–Crippen LogP) is 3.38. The molecule has 2 rings (SSSR count). The quantitative estimate of drug-likeness (QED) is 0.820. The first-order valence-electron chi connectivity index (χ1n) is 7.80. The Hall–Kier alpha value is -2.26. The van der Waals surface area contributed by atoms with Crippen LogP contribution in [0.2, 0.25) is 5.02 Å². The monoisotopic (exact) mass is 387 g/mol. The van der Waals surface area contributed by atoms with E-state index in [0.717, 1.165) is 11.0 Å². The highest BCUT2D eigenvalue weighted by Crippen LogP contribution is 2.27. The molecule has 1 aromatic carbocycles. The molecule has 1 heterocycles. The molecule has 0 saturated carbocycles. The SMILES string of the molecule is CC(C)(C)OC(=O)N[C@H](CN)c1ccc(Cl)c(-n2ncnc2C(F)F)c1. The molecule has 3 N–H and O–H groups in total. The molecule has 0 aliphatic carbocycles. The zero-order valence-corrected chi connectivity index (χ0v) is 15.3. The largest absolute Gasteiger partial charge is 0.444 e. The number of nitrogens with one attached hydrogen (secondary N) is 1. The first-order valence-corrected chi connectivity index (χ1v) is 8.17. The molecule has 1 atom stereocenters. The Kier molecular flexibility index (Phi) is 6.14. The molecule has 0 bridgehead atoms. The molecule has 0 unspecified atom stereocenters. The maximum absolute atomic E-state index is 13.1. The van der Waals surface area contributed by atoms with Crippen LogP contribution >= 0.6 is 11.6 Å². The number of carbonyl (C=O) groups is 1. The highest BCUT2D eigenvalue weighted by molar-refractivity contribution is 6.32. The van der Waals surface area contributed by atoms with Crippen molar-refractivity contribution < 1.29 is 18.3 Å². The van der Waals surface area contributed by atoms with E-state index in [4.69, 9.17) is 22.1 Å². The van der Waals surface area contributed by atoms with Gasteiger partial charge in [-0.05, 0) is 38.5 Å². The molecule has 0 fully saturated rings. The van der Waals surface area contributed by atoms with Crippen LogP contribution in [-0.4, -0.2) is 33.0 Å². The fourth-order valence-corrected chi connectivity index (χ4v) is 2.42. The second-order valence-corrected chi connectivity index (χ2v) is 6.88. The minimum absolute atomic E-state index is 0.0688. The van der Waals surface area contributed by atoms with Gasteiger partial charge in [0.2, 0.25) is 0 Å². The molecule has 0 aliphatic heterocycles. The van der Waals surface area contributed by atoms with Gasteiger partial charge in [-0.3, -0.25) is 0 Å². The van der Waals surface area contributed by atoms with Crippen molar-refractivity contribution in [3.8, 4) is 5.69 Å². The van der Waals surface area contributed by atoms with Gasteiger partial charge in [0.05, 0.1) is 16.8 Å². The number of carbonyl (C=O) groups excluding carboxylic acids is 1. The van der Waals surface area contributed by atoms with E-state index in [9.17, 15) is 13.6 Å². The van der Waals surface area contributed by atoms with Crippen LogP contribution in [0, 0.1) is 0 Å². The summed E-state index contributed by atoms with van der Waals surface area (Å²) in [6.45, 7) is 5.28. The van der Waals surface area contributed by atoms with E-state index in [1.54, 1.807) is 26.8 Å². The average Bonchev–Trinajstić information content (AvgIpc) is 3.01. The number of ether oxygens (including phenoxy) is 1. The number of halogens is 3. The van der Waals surface area contributed by atoms with Crippen LogP contribution in [0.5, 0.6) is 0 Å². The molecule has 0 aliphatic rings. The summed E-state index contributed by atoms with van der Waals surface area (Å²) in [6.07, 6.45) is -2.44. The number of amides is 1. The topological polar surface area (TPSA) is 95.1 Å². The smallest absolute Gasteiger partial charge is 0.408 e. The summed E-state index contributed by atoms with van der Waals surface area (Å²) in [5.74, 6) is -0.534. The van der Waals surface area contributed by atoms with Crippen molar-refractivity contribution >= 4 is 17.7 Å². The van der Waals surface area contributed by atoms with E-state index >= 15 is 0 Å². The summed E-state index contributed by atoms with van der Waals surface area (Å²) in [6, 6.07) is 4.08. The number of nitrogens with zero attached hydrogens (tertiary/aromatic N) is 3. The Morgan fingerprint density at radius 1 is 1.42 bits per heavy atom. The van der Waals surface area contributed by atoms with Crippen molar-refractivity contribution in [2.45, 2.75) is 38.8 Å². The van der Waals surface area contributed by atoms with Gasteiger partial charge in [-0.15, -0.1) is 0 Å². The molecule has 10 heteroatoms. The number of benzene rings is 1. The molecule has 0 saturated heterocycles. The van der Waals surface area contributed by atoms with Crippen LogP contribution in [0.4, 0.5) is 13.6 Å². The second kappa shape index (κ2) is 7.96. The van der Waals surface area contributed by atoms with Crippen molar-refractivity contribution in [3.63, 3.8) is 0 Å². The Morgan fingerprint density at radius 3 is 2.69 bits per heavy atom. The normalized spacial score (nSPS) is 12.9. The van der Waals surface area contributed by atoms with Gasteiger partial charge in [-0.2, -0.15) is 5.10 Å². The number of hydrogen-bond acceptors (Lipinski definition) is 5. The lowest BCUT2D eigenvalue weighted by Crippen LogP contribution is -2.37. The first-order chi connectivity index (χ1) is 12.1. The summed E-state index contributed by atoms with van der Waals surface area (Å²) in [5.41, 5.74) is 5.85. The molecule has 0 spiro atoms. The van der Waals surface area contributed by atoms with Crippen molar-refractivity contribution in [2.24, 2.45) is 5.73 Å². The highest BCUT2D eigenvalue weighted by Gasteiger charge is 2.22. The zero-order valence-electron chi connectivity index (χ0n) is 14.5. The van der Waals surface area contributed by atoms with Crippen LogP contribution in [0.1, 0.15) is 44.6 Å². The lowest BCUT2D eigenvalue weighted by Gasteiger charge is -2.23. The van der Waals surface area contributed by atoms with Crippen LogP contribution in [0.3, 0.4) is 0 Å². The molecule has 7 nitrogen and oxygen atoms in total. The fourth-order valence-electron chi connectivity index (χ4n) is 2.22. The number of hydrogen-bond donors (Lipinski definition) is 2. The van der Waals surface area contributed by atoms with Gasteiger partial charge in [0.25, 0.3) is 6.43 Å². The third-order valence-corrected chi connectivity index (χ3v) is 3.62. The Bertz CT molecular complexity index is 776. The lowest BCUT2D eigenvalue weighted by molar-refractivity contribution is 0.0505. The zero-order chi connectivity index (χ0) is 19.5. The van der Waals surface area contributed by atoms with Crippen LogP contribution < -0.4 is 11.1 Å². The molecule has 1 aromatic heterocycles. The molecule has 0 radical (unpaired) electrons. The molecule has 142 valence electrons. The van der Waals surface area contributed by atoms with Crippen molar-refractivity contribution in [2.75, 3.05) is 6.54 Å². The van der Waals surface area contributed by atoms with Crippen LogP contribution in [0.25, 0.3) is 5.69 Å². The third kappa shape index (κ3) is 4.89. The van der Waals surface area contributed by atoms with E-state index in [1.165, 1.54) is 12.1 Å². The number of alkyl carbamates (subject to hydrolysis) is 1. The molecular formula is C16H20ClF2N5O2. The number of alkyl halides is 2. The lowest BCUT2D eigenvalue weighted by atomic mass is 10.1. The van der Waals surface area contributed by atoms with Gasteiger partial charge in [-0.25, -0.2) is 23.2 Å². The number of aromatic nitrogens is 3. The van der Waals surface area contributed by atoms with E-state index in [-0.39, 0.29) is 17.3 Å². The van der Waals surface area contributed by atoms with E-state index in [2.05, 4.69) is 15.4 Å². The average molecular weight is 388 g/mol. The van der Waals surface area contributed by atoms with E-state index in [1.807, 2.05) is 0 Å². The minimum atomic E-state index is -2.82. The van der Waals surface area contributed by atoms with Crippen molar-refractivity contribution in [3.05, 3.63) is 40.9 Å². The maximum Gasteiger partial charge on any atom is 0.408 e. The summed E-state index contributed by atoms with van der Waals surface area (Å²) >= 11 is 6.13. The Balaban J connectivity index is 2.32. The number of nitrogens with two attached hydrogens (primary N) is 1. The van der Waals surface area contributed by atoms with E-state index in [0.29, 0.717) is 5.56 Å². The van der Waals surface area contributed by atoms with Gasteiger partial charge < -0.3 is 15.8 Å². The van der Waals surface area contributed by atoms with Crippen LogP contribution in [0.15, 0.2) is 24.5 Å². The molecule has 2 aromatic rings. The third-order valence-electron chi connectivity index (χ3n) is 3.30. The number of rotatable bonds is 5. The first kappa shape index (κ1) is 20.1. The second-order valence-electron chi connectivity index (χ2n) is 6.48. The predicted molar refractivity (Wildman–Crippen MR) is 92.5 cm³/mol. The molecule has 1 amide bonds. The van der Waals surface area contributed by atoms with Gasteiger partial charge in [0.15, 0.2) is 5.82 Å². The van der Waals surface area contributed by atoms with Gasteiger partial charge >= 0.3 is 6.09 Å². The maximum atomic E-state index is 13.1. The highest BCUT2D eigenvalue weighted by atomic mass is 35.5. The molecule has 26 heavy (non-hydrogen) atoms. The van der Waals surface area contributed by atoms with Gasteiger partial charge in [0.1, 0.15) is 11.9 Å². The summed E-state index contributed by atoms with van der Waals surface area (Å²) < 4.78 is 32.3. The fraction of sp³-hybridized carbons (Fsp3) is 0.438.